The van der Waals surface area contributed by atoms with Gasteiger partial charge in [0.1, 0.15) is 10.7 Å². The first-order valence-corrected chi connectivity index (χ1v) is 10.0. The van der Waals surface area contributed by atoms with Gasteiger partial charge in [-0.25, -0.2) is 17.6 Å². The van der Waals surface area contributed by atoms with Crippen molar-refractivity contribution in [3.8, 4) is 0 Å². The number of ether oxygens (including phenoxy) is 1. The fraction of sp³-hybridized carbons (Fsp3) is 0.471. The third kappa shape index (κ3) is 4.16. The van der Waals surface area contributed by atoms with Gasteiger partial charge in [-0.3, -0.25) is 0 Å². The number of carbonyl (C=O) groups excluding carboxylic acids is 1. The average molecular weight is 397 g/mol. The van der Waals surface area contributed by atoms with Gasteiger partial charge < -0.3 is 9.15 Å². The quantitative estimate of drug-likeness (QED) is 0.715. The van der Waals surface area contributed by atoms with Crippen LogP contribution in [0.4, 0.5) is 4.39 Å². The zero-order chi connectivity index (χ0) is 19.6. The number of rotatable bonds is 5. The van der Waals surface area contributed by atoms with Gasteiger partial charge in [0.15, 0.2) is 6.10 Å². The number of hydrogen-bond acceptors (Lipinski definition) is 7. The highest BCUT2D eigenvalue weighted by Crippen LogP contribution is 2.25. The molecule has 3 rings (SSSR count). The second-order valence-corrected chi connectivity index (χ2v) is 8.22. The maximum atomic E-state index is 14.2. The first kappa shape index (κ1) is 19.4. The SMILES string of the molecule is Cc1nnc(C(C)OC(=O)c2ccc(F)c(S(=O)(=O)N3CCCCC3)c2)o1. The van der Waals surface area contributed by atoms with Gasteiger partial charge in [0.2, 0.25) is 15.9 Å². The van der Waals surface area contributed by atoms with E-state index in [-0.39, 0.29) is 11.5 Å². The topological polar surface area (TPSA) is 103 Å². The summed E-state index contributed by atoms with van der Waals surface area (Å²) in [6.45, 7) is 3.82. The fourth-order valence-corrected chi connectivity index (χ4v) is 4.43. The van der Waals surface area contributed by atoms with Gasteiger partial charge in [-0.1, -0.05) is 6.42 Å². The van der Waals surface area contributed by atoms with Crippen LogP contribution in [-0.2, 0) is 14.8 Å². The molecule has 146 valence electrons. The molecule has 1 aliphatic rings. The molecule has 2 aromatic rings. The number of hydrogen-bond donors (Lipinski definition) is 0. The molecule has 0 radical (unpaired) electrons. The number of aryl methyl sites for hydroxylation is 1. The Labute approximate surface area is 156 Å². The summed E-state index contributed by atoms with van der Waals surface area (Å²) in [7, 11) is -4.02. The molecule has 0 aliphatic carbocycles. The van der Waals surface area contributed by atoms with Crippen LogP contribution in [0.2, 0.25) is 0 Å². The largest absolute Gasteiger partial charge is 0.449 e. The van der Waals surface area contributed by atoms with Gasteiger partial charge in [-0.15, -0.1) is 10.2 Å². The van der Waals surface area contributed by atoms with Crippen molar-refractivity contribution in [3.63, 3.8) is 0 Å². The summed E-state index contributed by atoms with van der Waals surface area (Å²) < 4.78 is 51.3. The molecule has 1 aromatic heterocycles. The van der Waals surface area contributed by atoms with E-state index in [9.17, 15) is 17.6 Å². The summed E-state index contributed by atoms with van der Waals surface area (Å²) in [6.07, 6.45) is 1.56. The first-order valence-electron chi connectivity index (χ1n) is 8.59. The van der Waals surface area contributed by atoms with Crippen LogP contribution >= 0.6 is 0 Å². The molecule has 1 unspecified atom stereocenters. The Bertz CT molecular complexity index is 938. The molecule has 1 atom stereocenters. The Morgan fingerprint density at radius 1 is 1.26 bits per heavy atom. The summed E-state index contributed by atoms with van der Waals surface area (Å²) in [5, 5.41) is 7.42. The molecule has 1 saturated heterocycles. The molecular weight excluding hydrogens is 377 g/mol. The van der Waals surface area contributed by atoms with Crippen molar-refractivity contribution in [1.82, 2.24) is 14.5 Å². The van der Waals surface area contributed by atoms with Crippen LogP contribution in [0.15, 0.2) is 27.5 Å². The van der Waals surface area contributed by atoms with E-state index in [1.54, 1.807) is 13.8 Å². The Kier molecular flexibility index (Phi) is 5.56. The second kappa shape index (κ2) is 7.73. The van der Waals surface area contributed by atoms with Gasteiger partial charge in [0.25, 0.3) is 5.89 Å². The summed E-state index contributed by atoms with van der Waals surface area (Å²) >= 11 is 0. The normalized spacial score (nSPS) is 16.9. The van der Waals surface area contributed by atoms with Crippen LogP contribution < -0.4 is 0 Å². The number of piperidine rings is 1. The highest BCUT2D eigenvalue weighted by Gasteiger charge is 2.30. The predicted molar refractivity (Wildman–Crippen MR) is 91.9 cm³/mol. The number of esters is 1. The van der Waals surface area contributed by atoms with E-state index in [2.05, 4.69) is 10.2 Å². The molecule has 27 heavy (non-hydrogen) atoms. The minimum atomic E-state index is -4.02. The summed E-state index contributed by atoms with van der Waals surface area (Å²) in [4.78, 5) is 11.8. The lowest BCUT2D eigenvalue weighted by Crippen LogP contribution is -2.36. The number of nitrogens with zero attached hydrogens (tertiary/aromatic N) is 3. The van der Waals surface area contributed by atoms with Gasteiger partial charge in [-0.05, 0) is 38.0 Å². The third-order valence-electron chi connectivity index (χ3n) is 4.27. The molecule has 2 heterocycles. The van der Waals surface area contributed by atoms with E-state index in [0.29, 0.717) is 19.0 Å². The van der Waals surface area contributed by atoms with Crippen LogP contribution in [0.25, 0.3) is 0 Å². The van der Waals surface area contributed by atoms with E-state index in [4.69, 9.17) is 9.15 Å². The zero-order valence-corrected chi connectivity index (χ0v) is 15.8. The maximum Gasteiger partial charge on any atom is 0.338 e. The fourth-order valence-electron chi connectivity index (χ4n) is 2.83. The van der Waals surface area contributed by atoms with Crippen LogP contribution in [0.3, 0.4) is 0 Å². The summed E-state index contributed by atoms with van der Waals surface area (Å²) in [5.74, 6) is -1.28. The number of halogens is 1. The standard InChI is InChI=1S/C17H20FN3O5S/c1-11(16-20-19-12(2)26-16)25-17(22)13-6-7-14(18)15(10-13)27(23,24)21-8-4-3-5-9-21/h6-7,10-11H,3-5,8-9H2,1-2H3. The minimum absolute atomic E-state index is 0.0740. The lowest BCUT2D eigenvalue weighted by Gasteiger charge is -2.26. The second-order valence-electron chi connectivity index (χ2n) is 6.32. The smallest absolute Gasteiger partial charge is 0.338 e. The van der Waals surface area contributed by atoms with Crippen molar-refractivity contribution < 1.29 is 26.8 Å². The lowest BCUT2D eigenvalue weighted by atomic mass is 10.2. The summed E-state index contributed by atoms with van der Waals surface area (Å²) in [6, 6.07) is 3.14. The van der Waals surface area contributed by atoms with E-state index >= 15 is 0 Å². The molecule has 1 aromatic carbocycles. The van der Waals surface area contributed by atoms with Gasteiger partial charge in [0.05, 0.1) is 5.56 Å². The highest BCUT2D eigenvalue weighted by atomic mass is 32.2. The molecule has 0 bridgehead atoms. The Hall–Kier alpha value is -2.33. The zero-order valence-electron chi connectivity index (χ0n) is 15.0. The van der Waals surface area contributed by atoms with Crippen LogP contribution in [0, 0.1) is 12.7 Å². The minimum Gasteiger partial charge on any atom is -0.449 e. The van der Waals surface area contributed by atoms with Crippen molar-refractivity contribution in [2.45, 2.75) is 44.1 Å². The van der Waals surface area contributed by atoms with E-state index < -0.39 is 32.8 Å². The first-order chi connectivity index (χ1) is 12.8. The number of carbonyl (C=O) groups is 1. The molecule has 0 saturated carbocycles. The van der Waals surface area contributed by atoms with E-state index in [1.165, 1.54) is 10.4 Å². The molecule has 1 fully saturated rings. The van der Waals surface area contributed by atoms with Crippen LogP contribution in [0.5, 0.6) is 0 Å². The van der Waals surface area contributed by atoms with Crippen molar-refractivity contribution in [2.75, 3.05) is 13.1 Å². The molecule has 8 nitrogen and oxygen atoms in total. The van der Waals surface area contributed by atoms with Crippen molar-refractivity contribution >= 4 is 16.0 Å². The van der Waals surface area contributed by atoms with Crippen molar-refractivity contribution in [3.05, 3.63) is 41.4 Å². The Morgan fingerprint density at radius 3 is 2.59 bits per heavy atom. The molecule has 10 heteroatoms. The monoisotopic (exact) mass is 397 g/mol. The number of sulfonamides is 1. The average Bonchev–Trinajstić information content (AvgIpc) is 3.09. The molecule has 1 aliphatic heterocycles. The third-order valence-corrected chi connectivity index (χ3v) is 6.19. The van der Waals surface area contributed by atoms with Gasteiger partial charge in [-0.2, -0.15) is 4.31 Å². The Balaban J connectivity index is 1.83. The maximum absolute atomic E-state index is 14.2. The number of aromatic nitrogens is 2. The lowest BCUT2D eigenvalue weighted by molar-refractivity contribution is 0.0276. The van der Waals surface area contributed by atoms with Crippen molar-refractivity contribution in [2.24, 2.45) is 0 Å². The van der Waals surface area contributed by atoms with Crippen LogP contribution in [0.1, 0.15) is 54.4 Å². The van der Waals surface area contributed by atoms with Gasteiger partial charge >= 0.3 is 5.97 Å². The molecule has 0 spiro atoms. The molecular formula is C17H20FN3O5S. The molecule has 0 amide bonds. The van der Waals surface area contributed by atoms with Crippen molar-refractivity contribution in [1.29, 1.82) is 0 Å². The van der Waals surface area contributed by atoms with Crippen LogP contribution in [-0.4, -0.2) is 42.0 Å². The molecule has 0 N–H and O–H groups in total. The van der Waals surface area contributed by atoms with E-state index in [1.807, 2.05) is 0 Å². The Morgan fingerprint density at radius 2 is 1.96 bits per heavy atom. The predicted octanol–water partition coefficient (Wildman–Crippen LogP) is 2.61. The van der Waals surface area contributed by atoms with Gasteiger partial charge in [0, 0.05) is 20.0 Å². The van der Waals surface area contributed by atoms with E-state index in [0.717, 1.165) is 31.4 Å². The summed E-state index contributed by atoms with van der Waals surface area (Å²) in [5.41, 5.74) is -0.0740. The highest BCUT2D eigenvalue weighted by molar-refractivity contribution is 7.89. The number of benzene rings is 1.